The average Bonchev–Trinajstić information content (AvgIpc) is 2.87. The van der Waals surface area contributed by atoms with E-state index in [1.54, 1.807) is 0 Å². The number of carbonyl (C=O) groups is 1. The molecule has 5 nitrogen and oxygen atoms in total. The summed E-state index contributed by atoms with van der Waals surface area (Å²) in [5, 5.41) is 6.12. The van der Waals surface area contributed by atoms with Crippen LogP contribution in [0.25, 0.3) is 0 Å². The number of hydrogen-bond acceptors (Lipinski definition) is 3. The van der Waals surface area contributed by atoms with Gasteiger partial charge in [0.15, 0.2) is 5.82 Å². The zero-order chi connectivity index (χ0) is 14.0. The monoisotopic (exact) mass is 341 g/mol. The lowest BCUT2D eigenvalue weighted by Gasteiger charge is -2.08. The summed E-state index contributed by atoms with van der Waals surface area (Å²) in [6.45, 7) is -0.691. The Kier molecular flexibility index (Phi) is 4.14. The molecule has 0 aliphatic carbocycles. The smallest absolute Gasteiger partial charge is 0.368 e. The van der Waals surface area contributed by atoms with Gasteiger partial charge >= 0.3 is 6.18 Å². The summed E-state index contributed by atoms with van der Waals surface area (Å²) in [6.07, 6.45) is -2.35. The topological polar surface area (TPSA) is 56.2 Å². The van der Waals surface area contributed by atoms with Gasteiger partial charge in [-0.05, 0) is 28.8 Å². The van der Waals surface area contributed by atoms with Crippen molar-refractivity contribution in [2.24, 2.45) is 0 Å². The molecule has 1 unspecified atom stereocenters. The van der Waals surface area contributed by atoms with Crippen molar-refractivity contribution in [3.8, 4) is 0 Å². The van der Waals surface area contributed by atoms with Crippen molar-refractivity contribution >= 4 is 27.7 Å². The third kappa shape index (κ3) is 3.93. The van der Waals surface area contributed by atoms with Crippen LogP contribution in [0.3, 0.4) is 0 Å². The van der Waals surface area contributed by atoms with E-state index in [2.05, 4.69) is 26.3 Å². The lowest BCUT2D eigenvalue weighted by molar-refractivity contribution is -0.142. The highest BCUT2D eigenvalue weighted by atomic mass is 79.9. The molecule has 1 N–H and O–H groups in total. The number of nitrogens with zero attached hydrogens (tertiary/aromatic N) is 2. The predicted octanol–water partition coefficient (Wildman–Crippen LogP) is 2.33. The summed E-state index contributed by atoms with van der Waals surface area (Å²) in [6, 6.07) is 0. The number of anilines is 1. The van der Waals surface area contributed by atoms with Crippen LogP contribution in [0.2, 0.25) is 0 Å². The molecule has 0 saturated carbocycles. The first-order chi connectivity index (χ1) is 8.85. The maximum atomic E-state index is 12.2. The highest BCUT2D eigenvalue weighted by Gasteiger charge is 2.29. The molecule has 2 heterocycles. The van der Waals surface area contributed by atoms with Crippen LogP contribution < -0.4 is 5.32 Å². The van der Waals surface area contributed by atoms with Gasteiger partial charge in [-0.25, -0.2) is 0 Å². The third-order valence-electron chi connectivity index (χ3n) is 2.52. The molecule has 106 valence electrons. The molecule has 1 atom stereocenters. The van der Waals surface area contributed by atoms with Gasteiger partial charge in [-0.2, -0.15) is 18.3 Å². The van der Waals surface area contributed by atoms with Crippen LogP contribution in [0.5, 0.6) is 0 Å². The van der Waals surface area contributed by atoms with E-state index in [-0.39, 0.29) is 5.82 Å². The number of aromatic nitrogens is 2. The van der Waals surface area contributed by atoms with Crippen LogP contribution in [0.1, 0.15) is 12.8 Å². The fourth-order valence-corrected chi connectivity index (χ4v) is 2.14. The van der Waals surface area contributed by atoms with Crippen molar-refractivity contribution in [3.05, 3.63) is 10.7 Å². The van der Waals surface area contributed by atoms with Crippen LogP contribution >= 0.6 is 15.9 Å². The van der Waals surface area contributed by atoms with Gasteiger partial charge < -0.3 is 10.1 Å². The van der Waals surface area contributed by atoms with Gasteiger partial charge in [0.2, 0.25) is 0 Å². The van der Waals surface area contributed by atoms with Gasteiger partial charge in [-0.3, -0.25) is 9.48 Å². The van der Waals surface area contributed by atoms with Gasteiger partial charge in [0.25, 0.3) is 5.91 Å². The highest BCUT2D eigenvalue weighted by molar-refractivity contribution is 9.10. The SMILES string of the molecule is O=C(Nc1nn(CC(F)(F)F)cc1Br)C1CCCO1. The standard InChI is InChI=1S/C10H11BrF3N3O2/c11-6-4-17(5-10(12,13)14)16-8(6)15-9(18)7-2-1-3-19-7/h4,7H,1-3,5H2,(H,15,16,18). The van der Waals surface area contributed by atoms with Crippen LogP contribution in [0.15, 0.2) is 10.7 Å². The molecule has 19 heavy (non-hydrogen) atoms. The number of hydrogen-bond donors (Lipinski definition) is 1. The highest BCUT2D eigenvalue weighted by Crippen LogP contribution is 2.24. The van der Waals surface area contributed by atoms with Crippen LogP contribution in [-0.4, -0.2) is 34.6 Å². The normalized spacial score (nSPS) is 19.7. The van der Waals surface area contributed by atoms with E-state index >= 15 is 0 Å². The van der Waals surface area contributed by atoms with E-state index in [1.807, 2.05) is 0 Å². The van der Waals surface area contributed by atoms with Gasteiger partial charge in [0, 0.05) is 12.8 Å². The molecular weight excluding hydrogens is 331 g/mol. The van der Waals surface area contributed by atoms with E-state index in [4.69, 9.17) is 4.74 Å². The first-order valence-corrected chi connectivity index (χ1v) is 6.36. The Balaban J connectivity index is 2.02. The second-order valence-electron chi connectivity index (χ2n) is 4.13. The van der Waals surface area contributed by atoms with Crippen molar-refractivity contribution in [3.63, 3.8) is 0 Å². The Morgan fingerprint density at radius 1 is 1.63 bits per heavy atom. The first-order valence-electron chi connectivity index (χ1n) is 5.57. The molecule has 1 aliphatic heterocycles. The Bertz CT molecular complexity index is 469. The minimum Gasteiger partial charge on any atom is -0.368 e. The minimum atomic E-state index is -4.36. The molecular formula is C10H11BrF3N3O2. The summed E-state index contributed by atoms with van der Waals surface area (Å²) in [5.74, 6) is -0.333. The molecule has 1 aromatic heterocycles. The largest absolute Gasteiger partial charge is 0.408 e. The lowest BCUT2D eigenvalue weighted by Crippen LogP contribution is -2.27. The lowest BCUT2D eigenvalue weighted by atomic mass is 10.2. The van der Waals surface area contributed by atoms with E-state index in [0.29, 0.717) is 17.5 Å². The number of amides is 1. The van der Waals surface area contributed by atoms with Crippen molar-refractivity contribution in [2.75, 3.05) is 11.9 Å². The second kappa shape index (κ2) is 5.49. The summed E-state index contributed by atoms with van der Waals surface area (Å²) in [4.78, 5) is 11.7. The van der Waals surface area contributed by atoms with E-state index in [0.717, 1.165) is 11.1 Å². The van der Waals surface area contributed by atoms with E-state index in [9.17, 15) is 18.0 Å². The fraction of sp³-hybridized carbons (Fsp3) is 0.600. The summed E-state index contributed by atoms with van der Waals surface area (Å²) < 4.78 is 42.8. The molecule has 0 aromatic carbocycles. The number of halogens is 4. The first kappa shape index (κ1) is 14.3. The van der Waals surface area contributed by atoms with E-state index < -0.39 is 24.7 Å². The Hall–Kier alpha value is -1.09. The van der Waals surface area contributed by atoms with Crippen LogP contribution in [0.4, 0.5) is 19.0 Å². The molecule has 9 heteroatoms. The second-order valence-corrected chi connectivity index (χ2v) is 4.98. The number of ether oxygens (including phenoxy) is 1. The van der Waals surface area contributed by atoms with E-state index in [1.165, 1.54) is 6.20 Å². The van der Waals surface area contributed by atoms with Gasteiger partial charge in [-0.1, -0.05) is 0 Å². The van der Waals surface area contributed by atoms with Crippen molar-refractivity contribution in [1.82, 2.24) is 9.78 Å². The third-order valence-corrected chi connectivity index (χ3v) is 3.10. The fourth-order valence-electron chi connectivity index (χ4n) is 1.73. The number of rotatable bonds is 3. The minimum absolute atomic E-state index is 0.0600. The number of carbonyl (C=O) groups excluding carboxylic acids is 1. The average molecular weight is 342 g/mol. The summed E-state index contributed by atoms with van der Waals surface area (Å²) in [5.41, 5.74) is 0. The molecule has 0 bridgehead atoms. The molecule has 2 rings (SSSR count). The maximum Gasteiger partial charge on any atom is 0.408 e. The zero-order valence-corrected chi connectivity index (χ0v) is 11.3. The molecule has 1 saturated heterocycles. The molecule has 1 aliphatic rings. The van der Waals surface area contributed by atoms with Gasteiger partial charge in [0.05, 0.1) is 4.47 Å². The maximum absolute atomic E-state index is 12.2. The Morgan fingerprint density at radius 3 is 2.95 bits per heavy atom. The summed E-state index contributed by atoms with van der Waals surface area (Å²) >= 11 is 3.06. The van der Waals surface area contributed by atoms with Gasteiger partial charge in [-0.15, -0.1) is 0 Å². The zero-order valence-electron chi connectivity index (χ0n) is 9.71. The molecule has 1 aromatic rings. The number of nitrogens with one attached hydrogen (secondary N) is 1. The number of alkyl halides is 3. The van der Waals surface area contributed by atoms with Crippen molar-refractivity contribution in [1.29, 1.82) is 0 Å². The molecule has 1 fully saturated rings. The van der Waals surface area contributed by atoms with Crippen molar-refractivity contribution in [2.45, 2.75) is 31.7 Å². The molecule has 1 amide bonds. The van der Waals surface area contributed by atoms with Crippen LogP contribution in [0, 0.1) is 0 Å². The van der Waals surface area contributed by atoms with Gasteiger partial charge in [0.1, 0.15) is 12.6 Å². The predicted molar refractivity (Wildman–Crippen MR) is 63.6 cm³/mol. The molecule has 0 spiro atoms. The quantitative estimate of drug-likeness (QED) is 0.917. The Morgan fingerprint density at radius 2 is 2.37 bits per heavy atom. The molecule has 0 radical (unpaired) electrons. The van der Waals surface area contributed by atoms with Crippen LogP contribution in [-0.2, 0) is 16.1 Å². The Labute approximate surface area is 115 Å². The van der Waals surface area contributed by atoms with Crippen molar-refractivity contribution < 1.29 is 22.7 Å². The summed E-state index contributed by atoms with van der Waals surface area (Å²) in [7, 11) is 0.